The molecule has 2 N–H and O–H groups in total. The molecule has 0 aliphatic carbocycles. The van der Waals surface area contributed by atoms with Gasteiger partial charge < -0.3 is 10.3 Å². The van der Waals surface area contributed by atoms with Crippen LogP contribution in [0.25, 0.3) is 11.3 Å². The van der Waals surface area contributed by atoms with Gasteiger partial charge in [0.1, 0.15) is 17.0 Å². The first-order chi connectivity index (χ1) is 8.63. The van der Waals surface area contributed by atoms with Crippen LogP contribution in [0.2, 0.25) is 5.02 Å². The van der Waals surface area contributed by atoms with E-state index in [-0.39, 0.29) is 0 Å². The molecular formula is C13H13ClN2O2. The molecule has 0 aliphatic rings. The highest BCUT2D eigenvalue weighted by molar-refractivity contribution is 6.30. The van der Waals surface area contributed by atoms with Crippen molar-refractivity contribution in [2.24, 2.45) is 5.73 Å². The summed E-state index contributed by atoms with van der Waals surface area (Å²) >= 11 is 5.82. The van der Waals surface area contributed by atoms with Gasteiger partial charge in [0.2, 0.25) is 0 Å². The van der Waals surface area contributed by atoms with Gasteiger partial charge in [-0.2, -0.15) is 0 Å². The maximum absolute atomic E-state index is 11.5. The van der Waals surface area contributed by atoms with E-state index < -0.39 is 5.91 Å². The van der Waals surface area contributed by atoms with Crippen molar-refractivity contribution in [1.29, 1.82) is 0 Å². The van der Waals surface area contributed by atoms with E-state index in [4.69, 9.17) is 21.9 Å². The van der Waals surface area contributed by atoms with E-state index in [1.807, 2.05) is 6.92 Å². The topological polar surface area (TPSA) is 69.1 Å². The molecule has 0 aliphatic heterocycles. The van der Waals surface area contributed by atoms with Gasteiger partial charge in [0.05, 0.1) is 0 Å². The predicted octanol–water partition coefficient (Wildman–Crippen LogP) is 3.05. The second-order valence-electron chi connectivity index (χ2n) is 3.95. The van der Waals surface area contributed by atoms with E-state index in [0.29, 0.717) is 28.5 Å². The number of nitrogens with zero attached hydrogens (tertiary/aromatic N) is 1. The summed E-state index contributed by atoms with van der Waals surface area (Å²) < 4.78 is 5.20. The maximum Gasteiger partial charge on any atom is 0.254 e. The zero-order valence-electron chi connectivity index (χ0n) is 9.94. The van der Waals surface area contributed by atoms with Gasteiger partial charge in [-0.1, -0.05) is 35.8 Å². The van der Waals surface area contributed by atoms with Crippen LogP contribution in [0.4, 0.5) is 0 Å². The molecule has 1 aromatic carbocycles. The first-order valence-electron chi connectivity index (χ1n) is 5.67. The average Bonchev–Trinajstić information content (AvgIpc) is 2.74. The number of nitrogens with two attached hydrogens (primary N) is 1. The fourth-order valence-corrected chi connectivity index (χ4v) is 1.91. The quantitative estimate of drug-likeness (QED) is 0.923. The Kier molecular flexibility index (Phi) is 3.67. The summed E-state index contributed by atoms with van der Waals surface area (Å²) in [5.41, 5.74) is 6.99. The van der Waals surface area contributed by atoms with Gasteiger partial charge in [0.15, 0.2) is 0 Å². The summed E-state index contributed by atoms with van der Waals surface area (Å²) in [6.07, 6.45) is 1.49. The number of aryl methyl sites for hydroxylation is 1. The number of benzene rings is 1. The largest absolute Gasteiger partial charge is 0.365 e. The molecular weight excluding hydrogens is 252 g/mol. The second kappa shape index (κ2) is 5.23. The molecule has 0 saturated heterocycles. The van der Waals surface area contributed by atoms with Gasteiger partial charge in [-0.3, -0.25) is 4.79 Å². The van der Waals surface area contributed by atoms with Gasteiger partial charge in [-0.25, -0.2) is 0 Å². The van der Waals surface area contributed by atoms with Crippen LogP contribution in [-0.2, 0) is 6.42 Å². The van der Waals surface area contributed by atoms with Crippen molar-refractivity contribution in [2.75, 3.05) is 0 Å². The molecule has 0 unspecified atom stereocenters. The number of aromatic nitrogens is 1. The van der Waals surface area contributed by atoms with Crippen molar-refractivity contribution in [3.63, 3.8) is 0 Å². The molecule has 4 nitrogen and oxygen atoms in total. The molecule has 0 bridgehead atoms. The second-order valence-corrected chi connectivity index (χ2v) is 4.39. The zero-order chi connectivity index (χ0) is 13.1. The summed E-state index contributed by atoms with van der Waals surface area (Å²) in [6.45, 7) is 2.00. The molecule has 1 aromatic heterocycles. The van der Waals surface area contributed by atoms with Crippen LogP contribution in [0.5, 0.6) is 0 Å². The molecule has 0 spiro atoms. The Labute approximate surface area is 110 Å². The minimum atomic E-state index is -0.523. The number of amides is 1. The highest BCUT2D eigenvalue weighted by Gasteiger charge is 2.21. The van der Waals surface area contributed by atoms with Gasteiger partial charge in [-0.15, -0.1) is 0 Å². The van der Waals surface area contributed by atoms with E-state index in [9.17, 15) is 4.79 Å². The zero-order valence-corrected chi connectivity index (χ0v) is 10.7. The lowest BCUT2D eigenvalue weighted by molar-refractivity contribution is 0.0999. The third kappa shape index (κ3) is 2.38. The van der Waals surface area contributed by atoms with Crippen LogP contribution in [0.3, 0.4) is 0 Å². The van der Waals surface area contributed by atoms with Crippen molar-refractivity contribution < 1.29 is 9.32 Å². The number of carbonyl (C=O) groups excluding carboxylic acids is 1. The smallest absolute Gasteiger partial charge is 0.254 e. The number of rotatable bonds is 4. The molecule has 0 saturated carbocycles. The van der Waals surface area contributed by atoms with Crippen molar-refractivity contribution in [1.82, 2.24) is 5.16 Å². The summed E-state index contributed by atoms with van der Waals surface area (Å²) in [4.78, 5) is 11.5. The molecule has 2 rings (SSSR count). The molecule has 1 amide bonds. The molecule has 5 heteroatoms. The van der Waals surface area contributed by atoms with E-state index in [1.165, 1.54) is 0 Å². The number of carbonyl (C=O) groups is 1. The molecule has 0 fully saturated rings. The summed E-state index contributed by atoms with van der Waals surface area (Å²) in [5.74, 6) is 0.0135. The lowest BCUT2D eigenvalue weighted by Crippen LogP contribution is -2.13. The van der Waals surface area contributed by atoms with Crippen LogP contribution in [0.1, 0.15) is 29.5 Å². The van der Waals surface area contributed by atoms with Crippen LogP contribution < -0.4 is 5.73 Å². The lowest BCUT2D eigenvalue weighted by Gasteiger charge is -2.00. The highest BCUT2D eigenvalue weighted by atomic mass is 35.5. The number of halogens is 1. The normalized spacial score (nSPS) is 10.6. The fraction of sp³-hybridized carbons (Fsp3) is 0.231. The van der Waals surface area contributed by atoms with Gasteiger partial charge >= 0.3 is 0 Å². The predicted molar refractivity (Wildman–Crippen MR) is 69.5 cm³/mol. The molecule has 18 heavy (non-hydrogen) atoms. The standard InChI is InChI=1S/C13H13ClN2O2/c1-2-3-10-11(13(15)17)12(16-18-10)8-4-6-9(14)7-5-8/h4-7H,2-3H2,1H3,(H2,15,17). The van der Waals surface area contributed by atoms with Crippen LogP contribution >= 0.6 is 11.6 Å². The van der Waals surface area contributed by atoms with Crippen LogP contribution in [-0.4, -0.2) is 11.1 Å². The van der Waals surface area contributed by atoms with E-state index in [0.717, 1.165) is 12.0 Å². The SMILES string of the molecule is CCCc1onc(-c2ccc(Cl)cc2)c1C(N)=O. The third-order valence-electron chi connectivity index (χ3n) is 2.60. The average molecular weight is 265 g/mol. The first-order valence-corrected chi connectivity index (χ1v) is 6.05. The van der Waals surface area contributed by atoms with Crippen LogP contribution in [0.15, 0.2) is 28.8 Å². The molecule has 1 heterocycles. The molecule has 0 radical (unpaired) electrons. The first kappa shape index (κ1) is 12.6. The van der Waals surface area contributed by atoms with E-state index in [1.54, 1.807) is 24.3 Å². The summed E-state index contributed by atoms with van der Waals surface area (Å²) in [6, 6.07) is 7.02. The molecule has 0 atom stereocenters. The van der Waals surface area contributed by atoms with Crippen molar-refractivity contribution in [3.05, 3.63) is 40.6 Å². The van der Waals surface area contributed by atoms with Gasteiger partial charge in [0.25, 0.3) is 5.91 Å². The summed E-state index contributed by atoms with van der Waals surface area (Å²) in [5, 5.41) is 4.56. The highest BCUT2D eigenvalue weighted by Crippen LogP contribution is 2.27. The Morgan fingerprint density at radius 1 is 1.39 bits per heavy atom. The monoisotopic (exact) mass is 264 g/mol. The minimum Gasteiger partial charge on any atom is -0.365 e. The Hall–Kier alpha value is -1.81. The number of hydrogen-bond donors (Lipinski definition) is 1. The van der Waals surface area contributed by atoms with Crippen molar-refractivity contribution >= 4 is 17.5 Å². The van der Waals surface area contributed by atoms with Crippen LogP contribution in [0, 0.1) is 0 Å². The van der Waals surface area contributed by atoms with Crippen molar-refractivity contribution in [2.45, 2.75) is 19.8 Å². The Morgan fingerprint density at radius 3 is 2.61 bits per heavy atom. The maximum atomic E-state index is 11.5. The fourth-order valence-electron chi connectivity index (χ4n) is 1.78. The Balaban J connectivity index is 2.50. The minimum absolute atomic E-state index is 0.360. The molecule has 2 aromatic rings. The number of hydrogen-bond acceptors (Lipinski definition) is 3. The lowest BCUT2D eigenvalue weighted by atomic mass is 10.0. The van der Waals surface area contributed by atoms with E-state index in [2.05, 4.69) is 5.16 Å². The van der Waals surface area contributed by atoms with E-state index >= 15 is 0 Å². The van der Waals surface area contributed by atoms with Gasteiger partial charge in [-0.05, 0) is 18.6 Å². The Morgan fingerprint density at radius 2 is 2.06 bits per heavy atom. The molecule has 94 valence electrons. The van der Waals surface area contributed by atoms with Gasteiger partial charge in [0, 0.05) is 17.0 Å². The number of primary amides is 1. The third-order valence-corrected chi connectivity index (χ3v) is 2.86. The summed E-state index contributed by atoms with van der Waals surface area (Å²) in [7, 11) is 0. The van der Waals surface area contributed by atoms with Crippen molar-refractivity contribution in [3.8, 4) is 11.3 Å². The Bertz CT molecular complexity index is 561.